The van der Waals surface area contributed by atoms with Crippen LogP contribution in [0.5, 0.6) is 0 Å². The summed E-state index contributed by atoms with van der Waals surface area (Å²) in [5, 5.41) is 1.83. The van der Waals surface area contributed by atoms with E-state index in [0.29, 0.717) is 0 Å². The van der Waals surface area contributed by atoms with E-state index in [9.17, 15) is 19.2 Å². The van der Waals surface area contributed by atoms with Crippen LogP contribution >= 0.6 is 0 Å². The number of rotatable bonds is 13. The third-order valence-corrected chi connectivity index (χ3v) is 19.5. The summed E-state index contributed by atoms with van der Waals surface area (Å²) in [6.07, 6.45) is 0.614. The molecule has 1 heterocycles. The summed E-state index contributed by atoms with van der Waals surface area (Å²) in [5.74, 6) is -2.26. The molecule has 1 fully saturated rings. The van der Waals surface area contributed by atoms with Gasteiger partial charge in [0, 0.05) is 0 Å². The molecular weight excluding hydrogens is 562 g/mol. The van der Waals surface area contributed by atoms with Crippen LogP contribution in [0.15, 0.2) is 0 Å². The standard InChI is InChI=1S/C22H37AsO9Se/c1-7-9-11-23(12-10-8-2)33-22-21(31-17(6)27)20(30-16(5)26)19(29-15(4)25)18(32-22)13-28-14(3)24/h18-22H,7-13H2,1-6H3/t18-,19-,20+,21-,22+/m1/s1. The Labute approximate surface area is 205 Å². The Balaban J connectivity index is 3.32. The first-order valence-electron chi connectivity index (χ1n) is 11.3. The van der Waals surface area contributed by atoms with Crippen LogP contribution in [-0.2, 0) is 42.9 Å². The van der Waals surface area contributed by atoms with Gasteiger partial charge in [-0.05, 0) is 0 Å². The van der Waals surface area contributed by atoms with Gasteiger partial charge in [-0.1, -0.05) is 0 Å². The zero-order valence-electron chi connectivity index (χ0n) is 20.4. The minimum absolute atomic E-state index is 0.00548. The molecule has 0 radical (unpaired) electrons. The van der Waals surface area contributed by atoms with E-state index in [-0.39, 0.29) is 19.6 Å². The maximum absolute atomic E-state index is 12.0. The summed E-state index contributed by atoms with van der Waals surface area (Å²) in [7, 11) is 0. The number of unbranched alkanes of at least 4 members (excludes halogenated alkanes) is 2. The molecule has 0 aromatic carbocycles. The Morgan fingerprint density at radius 2 is 1.24 bits per heavy atom. The average molecular weight is 599 g/mol. The van der Waals surface area contributed by atoms with Gasteiger partial charge in [-0.3, -0.25) is 0 Å². The van der Waals surface area contributed by atoms with Crippen LogP contribution in [0.1, 0.15) is 67.2 Å². The second-order valence-corrected chi connectivity index (χ2v) is 21.1. The van der Waals surface area contributed by atoms with Gasteiger partial charge >= 0.3 is 206 Å². The normalized spacial score (nSPS) is 24.8. The van der Waals surface area contributed by atoms with Gasteiger partial charge in [0.1, 0.15) is 0 Å². The van der Waals surface area contributed by atoms with Crippen LogP contribution in [0, 0.1) is 0 Å². The summed E-state index contributed by atoms with van der Waals surface area (Å²) in [4.78, 5) is 47.2. The van der Waals surface area contributed by atoms with E-state index in [1.165, 1.54) is 27.7 Å². The molecular formula is C22H37AsO9Se. The molecule has 190 valence electrons. The molecule has 1 aliphatic heterocycles. The van der Waals surface area contributed by atoms with Crippen molar-refractivity contribution in [2.75, 3.05) is 6.61 Å². The number of carbonyl (C=O) groups is 4. The molecule has 1 saturated heterocycles. The van der Waals surface area contributed by atoms with E-state index in [0.717, 1.165) is 36.1 Å². The van der Waals surface area contributed by atoms with Crippen molar-refractivity contribution in [3.63, 3.8) is 0 Å². The molecule has 0 aliphatic carbocycles. The molecule has 0 aromatic heterocycles. The van der Waals surface area contributed by atoms with Crippen LogP contribution in [0.2, 0.25) is 10.4 Å². The van der Waals surface area contributed by atoms with Crippen molar-refractivity contribution in [3.05, 3.63) is 0 Å². The first kappa shape index (κ1) is 29.9. The molecule has 11 heteroatoms. The number of esters is 4. The van der Waals surface area contributed by atoms with E-state index in [2.05, 4.69) is 13.8 Å². The van der Waals surface area contributed by atoms with Crippen molar-refractivity contribution in [1.82, 2.24) is 0 Å². The van der Waals surface area contributed by atoms with E-state index < -0.39 is 66.1 Å². The molecule has 0 N–H and O–H groups in total. The third-order valence-electron chi connectivity index (χ3n) is 4.72. The first-order chi connectivity index (χ1) is 15.6. The molecule has 1 rings (SSSR count). The molecule has 0 unspecified atom stereocenters. The van der Waals surface area contributed by atoms with E-state index in [1.54, 1.807) is 0 Å². The second-order valence-electron chi connectivity index (χ2n) is 7.81. The second kappa shape index (κ2) is 15.7. The predicted octanol–water partition coefficient (Wildman–Crippen LogP) is 2.37. The van der Waals surface area contributed by atoms with Crippen LogP contribution in [0.4, 0.5) is 0 Å². The first-order valence-corrected chi connectivity index (χ1v) is 19.7. The fourth-order valence-corrected chi connectivity index (χ4v) is 18.9. The number of hydrogen-bond donors (Lipinski definition) is 0. The van der Waals surface area contributed by atoms with Crippen molar-refractivity contribution in [2.45, 2.75) is 107 Å². The number of hydrogen-bond acceptors (Lipinski definition) is 9. The molecule has 9 nitrogen and oxygen atoms in total. The summed E-state index contributed by atoms with van der Waals surface area (Å²) in [6, 6.07) is 0. The Bertz CT molecular complexity index is 652. The summed E-state index contributed by atoms with van der Waals surface area (Å²) in [6.45, 7) is 9.18. The monoisotopic (exact) mass is 600 g/mol. The van der Waals surface area contributed by atoms with Gasteiger partial charge in [0.15, 0.2) is 0 Å². The third kappa shape index (κ3) is 11.3. The van der Waals surface area contributed by atoms with Gasteiger partial charge in [-0.15, -0.1) is 0 Å². The predicted molar refractivity (Wildman–Crippen MR) is 123 cm³/mol. The minimum atomic E-state index is -1.29. The van der Waals surface area contributed by atoms with Gasteiger partial charge < -0.3 is 0 Å². The van der Waals surface area contributed by atoms with Crippen molar-refractivity contribution >= 4 is 49.6 Å². The van der Waals surface area contributed by atoms with Gasteiger partial charge in [0.05, 0.1) is 0 Å². The van der Waals surface area contributed by atoms with Crippen molar-refractivity contribution in [3.8, 4) is 0 Å². The molecule has 0 saturated carbocycles. The maximum atomic E-state index is 12.0. The topological polar surface area (TPSA) is 114 Å². The fraction of sp³-hybridized carbons (Fsp3) is 0.818. The van der Waals surface area contributed by atoms with Gasteiger partial charge in [-0.2, -0.15) is 0 Å². The van der Waals surface area contributed by atoms with E-state index >= 15 is 0 Å². The molecule has 0 spiro atoms. The van der Waals surface area contributed by atoms with Gasteiger partial charge in [0.25, 0.3) is 0 Å². The zero-order chi connectivity index (χ0) is 25.0. The van der Waals surface area contributed by atoms with Crippen molar-refractivity contribution in [1.29, 1.82) is 0 Å². The zero-order valence-corrected chi connectivity index (χ0v) is 24.0. The van der Waals surface area contributed by atoms with Crippen molar-refractivity contribution in [2.24, 2.45) is 0 Å². The Hall–Kier alpha value is -1.08. The Morgan fingerprint density at radius 3 is 1.70 bits per heavy atom. The number of ether oxygens (including phenoxy) is 5. The summed E-state index contributed by atoms with van der Waals surface area (Å²) in [5.41, 5.74) is 0. The van der Waals surface area contributed by atoms with Crippen LogP contribution in [-0.4, -0.2) is 85.6 Å². The molecule has 0 amide bonds. The average Bonchev–Trinajstić information content (AvgIpc) is 2.71. The van der Waals surface area contributed by atoms with E-state index in [4.69, 9.17) is 23.7 Å². The SMILES string of the molecule is CCCC[As](CCCC)[Se][C@@H]1O[C@H](COC(C)=O)[C@@H](OC(C)=O)[C@H](OC(C)=O)[C@H]1OC(C)=O. The molecule has 0 bridgehead atoms. The molecule has 33 heavy (non-hydrogen) atoms. The Morgan fingerprint density at radius 1 is 0.758 bits per heavy atom. The molecule has 0 aromatic rings. The van der Waals surface area contributed by atoms with Crippen LogP contribution in [0.25, 0.3) is 0 Å². The number of carbonyl (C=O) groups excluding carboxylic acids is 4. The van der Waals surface area contributed by atoms with Crippen LogP contribution < -0.4 is 0 Å². The van der Waals surface area contributed by atoms with Gasteiger partial charge in [-0.25, -0.2) is 0 Å². The summed E-state index contributed by atoms with van der Waals surface area (Å²) < 4.78 is 28.1. The van der Waals surface area contributed by atoms with Gasteiger partial charge in [0.2, 0.25) is 0 Å². The van der Waals surface area contributed by atoms with Crippen molar-refractivity contribution < 1.29 is 42.9 Å². The molecule has 1 aliphatic rings. The summed E-state index contributed by atoms with van der Waals surface area (Å²) >= 11 is -1.29. The fourth-order valence-electron chi connectivity index (χ4n) is 3.31. The van der Waals surface area contributed by atoms with Crippen LogP contribution in [0.3, 0.4) is 0 Å². The Kier molecular flexibility index (Phi) is 14.3. The van der Waals surface area contributed by atoms with E-state index in [1.807, 2.05) is 0 Å². The quantitative estimate of drug-likeness (QED) is 0.179. The molecule has 5 atom stereocenters.